The zero-order chi connectivity index (χ0) is 29.1. The van der Waals surface area contributed by atoms with Crippen molar-refractivity contribution in [1.29, 1.82) is 0 Å². The molecule has 6 rings (SSSR count). The van der Waals surface area contributed by atoms with Crippen LogP contribution in [0.3, 0.4) is 0 Å². The number of nitrogens with two attached hydrogens (primary N) is 1. The third kappa shape index (κ3) is 6.46. The Labute approximate surface area is 241 Å². The number of hydrogen-bond donors (Lipinski definition) is 5. The van der Waals surface area contributed by atoms with Crippen molar-refractivity contribution < 1.29 is 14.0 Å². The molecular formula is C29H33FN10O2. The lowest BCUT2D eigenvalue weighted by Crippen LogP contribution is -2.48. The summed E-state index contributed by atoms with van der Waals surface area (Å²) < 4.78 is 15.6. The van der Waals surface area contributed by atoms with Crippen molar-refractivity contribution in [2.45, 2.75) is 69.1 Å². The summed E-state index contributed by atoms with van der Waals surface area (Å²) in [5, 5.41) is 17.3. The van der Waals surface area contributed by atoms with Gasteiger partial charge in [-0.25, -0.2) is 13.9 Å². The first-order valence-corrected chi connectivity index (χ1v) is 14.2. The summed E-state index contributed by atoms with van der Waals surface area (Å²) in [6.45, 7) is 0. The number of imidazole rings is 1. The topological polar surface area (TPSA) is 164 Å². The number of nitrogens with one attached hydrogen (secondary N) is 4. The lowest BCUT2D eigenvalue weighted by atomic mass is 9.91. The molecule has 6 N–H and O–H groups in total. The standard InChI is InChI=1S/C29H33FN10O2/c30-21-15-32-12-10-23(21)38-29(42)25-16-34-27-24(35-17-4-5-17)14-26(39-40(25)27)36-18-6-8-19(9-7-18)37-28(41)22(31)13-20-3-1-2-11-33-20/h1-3,10-12,14-19,22,35H,4-9,13,31H2,(H,36,39)(H,37,41)(H,32,38,42)/t18-,19-,22-/m0/s1. The van der Waals surface area contributed by atoms with Crippen LogP contribution in [0.4, 0.5) is 21.6 Å². The van der Waals surface area contributed by atoms with Gasteiger partial charge in [-0.2, -0.15) is 0 Å². The average molecular weight is 573 g/mol. The second-order valence-corrected chi connectivity index (χ2v) is 10.9. The van der Waals surface area contributed by atoms with Crippen LogP contribution in [-0.4, -0.2) is 60.5 Å². The van der Waals surface area contributed by atoms with Gasteiger partial charge in [-0.1, -0.05) is 6.07 Å². The van der Waals surface area contributed by atoms with Crippen molar-refractivity contribution in [2.24, 2.45) is 5.73 Å². The van der Waals surface area contributed by atoms with E-state index in [2.05, 4.69) is 41.3 Å². The first-order chi connectivity index (χ1) is 20.4. The van der Waals surface area contributed by atoms with Crippen LogP contribution < -0.4 is 27.0 Å². The van der Waals surface area contributed by atoms with Gasteiger partial charge in [0.25, 0.3) is 5.91 Å². The van der Waals surface area contributed by atoms with Crippen LogP contribution in [0, 0.1) is 5.82 Å². The van der Waals surface area contributed by atoms with E-state index >= 15 is 0 Å². The van der Waals surface area contributed by atoms with Gasteiger partial charge in [0, 0.05) is 48.7 Å². The molecule has 2 fully saturated rings. The highest BCUT2D eigenvalue weighted by molar-refractivity contribution is 6.03. The summed E-state index contributed by atoms with van der Waals surface area (Å²) in [6, 6.07) is 8.76. The first kappa shape index (κ1) is 27.5. The Morgan fingerprint density at radius 3 is 2.45 bits per heavy atom. The molecule has 2 aliphatic carbocycles. The molecule has 0 bridgehead atoms. The van der Waals surface area contributed by atoms with Gasteiger partial charge < -0.3 is 27.0 Å². The fraction of sp³-hybridized carbons (Fsp3) is 0.379. The van der Waals surface area contributed by atoms with E-state index in [1.807, 2.05) is 24.3 Å². The molecule has 0 aliphatic heterocycles. The van der Waals surface area contributed by atoms with Crippen molar-refractivity contribution >= 4 is 34.7 Å². The van der Waals surface area contributed by atoms with Gasteiger partial charge in [0.2, 0.25) is 5.91 Å². The van der Waals surface area contributed by atoms with Crippen LogP contribution in [0.2, 0.25) is 0 Å². The number of halogens is 1. The highest BCUT2D eigenvalue weighted by Gasteiger charge is 2.27. The van der Waals surface area contributed by atoms with Crippen molar-refractivity contribution in [3.05, 3.63) is 72.3 Å². The number of amides is 2. The van der Waals surface area contributed by atoms with Crippen LogP contribution in [0.1, 0.15) is 54.7 Å². The molecule has 2 saturated carbocycles. The molecular weight excluding hydrogens is 539 g/mol. The molecule has 4 aromatic rings. The molecule has 1 atom stereocenters. The summed E-state index contributed by atoms with van der Waals surface area (Å²) in [7, 11) is 0. The maximum Gasteiger partial charge on any atom is 0.276 e. The zero-order valence-electron chi connectivity index (χ0n) is 23.0. The minimum Gasteiger partial charge on any atom is -0.379 e. The molecule has 12 nitrogen and oxygen atoms in total. The van der Waals surface area contributed by atoms with E-state index in [1.54, 1.807) is 6.20 Å². The van der Waals surface area contributed by atoms with E-state index in [-0.39, 0.29) is 29.4 Å². The molecule has 4 aromatic heterocycles. The van der Waals surface area contributed by atoms with E-state index in [9.17, 15) is 14.0 Å². The first-order valence-electron chi connectivity index (χ1n) is 14.2. The zero-order valence-corrected chi connectivity index (χ0v) is 23.0. The maximum absolute atomic E-state index is 14.1. The summed E-state index contributed by atoms with van der Waals surface area (Å²) >= 11 is 0. The van der Waals surface area contributed by atoms with Gasteiger partial charge in [0.05, 0.1) is 29.8 Å². The van der Waals surface area contributed by atoms with Crippen LogP contribution >= 0.6 is 0 Å². The molecule has 0 unspecified atom stereocenters. The molecule has 0 aromatic carbocycles. The van der Waals surface area contributed by atoms with Crippen LogP contribution in [0.25, 0.3) is 5.65 Å². The van der Waals surface area contributed by atoms with Crippen LogP contribution in [0.5, 0.6) is 0 Å². The van der Waals surface area contributed by atoms with Gasteiger partial charge in [-0.05, 0) is 56.7 Å². The maximum atomic E-state index is 14.1. The van der Waals surface area contributed by atoms with Crippen LogP contribution in [-0.2, 0) is 11.2 Å². The van der Waals surface area contributed by atoms with E-state index in [1.165, 1.54) is 23.0 Å². The van der Waals surface area contributed by atoms with Gasteiger partial charge in [-0.3, -0.25) is 19.6 Å². The number of rotatable bonds is 10. The van der Waals surface area contributed by atoms with E-state index in [0.29, 0.717) is 23.9 Å². The molecule has 0 saturated heterocycles. The number of nitrogens with zero attached hydrogens (tertiary/aromatic N) is 5. The lowest BCUT2D eigenvalue weighted by molar-refractivity contribution is -0.123. The molecule has 2 aliphatic rings. The highest BCUT2D eigenvalue weighted by Crippen LogP contribution is 2.30. The Kier molecular flexibility index (Phi) is 7.91. The Hall–Kier alpha value is -4.65. The highest BCUT2D eigenvalue weighted by atomic mass is 19.1. The normalized spacial score (nSPS) is 19.2. The number of fused-ring (bicyclic) bond motifs is 1. The Morgan fingerprint density at radius 2 is 1.71 bits per heavy atom. The van der Waals surface area contributed by atoms with Gasteiger partial charge in [0.1, 0.15) is 5.82 Å². The third-order valence-electron chi connectivity index (χ3n) is 7.58. The Morgan fingerprint density at radius 1 is 0.952 bits per heavy atom. The third-order valence-corrected chi connectivity index (χ3v) is 7.58. The predicted molar refractivity (Wildman–Crippen MR) is 156 cm³/mol. The number of aromatic nitrogens is 5. The fourth-order valence-corrected chi connectivity index (χ4v) is 5.15. The predicted octanol–water partition coefficient (Wildman–Crippen LogP) is 2.89. The molecule has 4 heterocycles. The monoisotopic (exact) mass is 572 g/mol. The quantitative estimate of drug-likeness (QED) is 0.192. The minimum absolute atomic E-state index is 0.0251. The van der Waals surface area contributed by atoms with Crippen molar-refractivity contribution in [1.82, 2.24) is 29.9 Å². The van der Waals surface area contributed by atoms with Crippen molar-refractivity contribution in [2.75, 3.05) is 16.0 Å². The van der Waals surface area contributed by atoms with Crippen molar-refractivity contribution in [3.63, 3.8) is 0 Å². The number of pyridine rings is 2. The van der Waals surface area contributed by atoms with Crippen molar-refractivity contribution in [3.8, 4) is 0 Å². The number of anilines is 3. The fourth-order valence-electron chi connectivity index (χ4n) is 5.15. The number of carbonyl (C=O) groups is 2. The molecule has 13 heteroatoms. The smallest absolute Gasteiger partial charge is 0.276 e. The van der Waals surface area contributed by atoms with Gasteiger partial charge in [-0.15, -0.1) is 5.10 Å². The second kappa shape index (κ2) is 12.1. The molecule has 42 heavy (non-hydrogen) atoms. The molecule has 0 spiro atoms. The average Bonchev–Trinajstić information content (AvgIpc) is 3.70. The molecule has 2 amide bonds. The SMILES string of the molecule is N[C@@H](Cc1ccccn1)C(=O)N[C@H]1CC[C@H](Nc2cc(NC3CC3)c3ncc(C(=O)Nc4ccncc4F)n3n2)CC1. The number of carbonyl (C=O) groups excluding carboxylic acids is 2. The van der Waals surface area contributed by atoms with Gasteiger partial charge >= 0.3 is 0 Å². The summed E-state index contributed by atoms with van der Waals surface area (Å²) in [5.74, 6) is -0.740. The molecule has 218 valence electrons. The number of hydrogen-bond acceptors (Lipinski definition) is 9. The van der Waals surface area contributed by atoms with Crippen LogP contribution in [0.15, 0.2) is 55.1 Å². The summed E-state index contributed by atoms with van der Waals surface area (Å²) in [6.07, 6.45) is 11.3. The molecule has 0 radical (unpaired) electrons. The summed E-state index contributed by atoms with van der Waals surface area (Å²) in [4.78, 5) is 38.2. The van der Waals surface area contributed by atoms with Gasteiger partial charge in [0.15, 0.2) is 17.2 Å². The summed E-state index contributed by atoms with van der Waals surface area (Å²) in [5.41, 5.74) is 8.41. The van der Waals surface area contributed by atoms with E-state index in [0.717, 1.165) is 56.1 Å². The largest absolute Gasteiger partial charge is 0.379 e. The Bertz CT molecular complexity index is 1570. The Balaban J connectivity index is 1.11. The lowest BCUT2D eigenvalue weighted by Gasteiger charge is -2.30. The van der Waals surface area contributed by atoms with E-state index in [4.69, 9.17) is 5.73 Å². The minimum atomic E-state index is -0.652. The second-order valence-electron chi connectivity index (χ2n) is 10.9. The van der Waals surface area contributed by atoms with E-state index < -0.39 is 17.8 Å².